The Morgan fingerprint density at radius 1 is 1.31 bits per heavy atom. The lowest BCUT2D eigenvalue weighted by Gasteiger charge is -2.23. The zero-order valence-electron chi connectivity index (χ0n) is 8.55. The number of nitrogens with one attached hydrogen (secondary N) is 1. The molecule has 2 heteroatoms. The lowest BCUT2D eigenvalue weighted by molar-refractivity contribution is 0.488. The van der Waals surface area contributed by atoms with E-state index in [0.717, 1.165) is 18.4 Å². The molecule has 0 aromatic heterocycles. The molecule has 74 valence electrons. The highest BCUT2D eigenvalue weighted by Gasteiger charge is 2.20. The van der Waals surface area contributed by atoms with E-state index < -0.39 is 0 Å². The van der Waals surface area contributed by atoms with Gasteiger partial charge in [-0.25, -0.2) is 0 Å². The molecular weight excluding hydrogens is 160 g/mol. The average molecular weight is 180 g/mol. The van der Waals surface area contributed by atoms with Crippen molar-refractivity contribution in [3.05, 3.63) is 0 Å². The van der Waals surface area contributed by atoms with Crippen molar-refractivity contribution in [1.29, 1.82) is 0 Å². The molecule has 0 unspecified atom stereocenters. The van der Waals surface area contributed by atoms with Gasteiger partial charge >= 0.3 is 0 Å². The normalized spacial score (nSPS) is 28.7. The summed E-state index contributed by atoms with van der Waals surface area (Å²) in [5.74, 6) is 1.79. The van der Waals surface area contributed by atoms with Crippen LogP contribution in [0.25, 0.3) is 0 Å². The van der Waals surface area contributed by atoms with E-state index in [2.05, 4.69) is 17.5 Å². The standard InChI is InChI=1S/C11H20N2/c1-9-6-11(7-9)13-12-8-10-4-2-3-5-10/h9-10,12H,2-8H2,1H3. The summed E-state index contributed by atoms with van der Waals surface area (Å²) in [6.45, 7) is 3.40. The first-order valence-electron chi connectivity index (χ1n) is 5.63. The SMILES string of the molecule is CC1CC(=NNCC2CCCC2)C1. The highest BCUT2D eigenvalue weighted by Crippen LogP contribution is 2.24. The molecule has 0 heterocycles. The van der Waals surface area contributed by atoms with Gasteiger partial charge < -0.3 is 5.43 Å². The van der Waals surface area contributed by atoms with E-state index >= 15 is 0 Å². The summed E-state index contributed by atoms with van der Waals surface area (Å²) in [6, 6.07) is 0. The molecule has 0 spiro atoms. The lowest BCUT2D eigenvalue weighted by atomic mass is 9.85. The molecular formula is C11H20N2. The minimum Gasteiger partial charge on any atom is -0.310 e. The van der Waals surface area contributed by atoms with Crippen molar-refractivity contribution in [3.8, 4) is 0 Å². The smallest absolute Gasteiger partial charge is 0.0383 e. The maximum atomic E-state index is 4.41. The summed E-state index contributed by atoms with van der Waals surface area (Å²) < 4.78 is 0. The minimum absolute atomic E-state index is 0.882. The Morgan fingerprint density at radius 3 is 2.62 bits per heavy atom. The predicted molar refractivity (Wildman–Crippen MR) is 55.8 cm³/mol. The van der Waals surface area contributed by atoms with Gasteiger partial charge in [0, 0.05) is 12.3 Å². The van der Waals surface area contributed by atoms with Gasteiger partial charge in [-0.05, 0) is 37.5 Å². The second-order valence-electron chi connectivity index (χ2n) is 4.70. The first kappa shape index (κ1) is 9.04. The molecule has 1 N–H and O–H groups in total. The quantitative estimate of drug-likeness (QED) is 0.663. The Balaban J connectivity index is 1.60. The fourth-order valence-electron chi connectivity index (χ4n) is 2.34. The Hall–Kier alpha value is -0.530. The van der Waals surface area contributed by atoms with E-state index in [0.29, 0.717) is 0 Å². The van der Waals surface area contributed by atoms with Crippen LogP contribution in [-0.4, -0.2) is 12.3 Å². The lowest BCUT2D eigenvalue weighted by Crippen LogP contribution is -2.25. The van der Waals surface area contributed by atoms with E-state index in [1.165, 1.54) is 44.2 Å². The van der Waals surface area contributed by atoms with Gasteiger partial charge in [0.15, 0.2) is 0 Å². The van der Waals surface area contributed by atoms with Crippen molar-refractivity contribution in [2.24, 2.45) is 16.9 Å². The molecule has 0 saturated heterocycles. The van der Waals surface area contributed by atoms with Crippen molar-refractivity contribution < 1.29 is 0 Å². The number of hydrogen-bond acceptors (Lipinski definition) is 2. The highest BCUT2D eigenvalue weighted by atomic mass is 15.3. The number of nitrogens with zero attached hydrogens (tertiary/aromatic N) is 1. The summed E-state index contributed by atoms with van der Waals surface area (Å²) in [5, 5.41) is 4.41. The number of hydrogen-bond donors (Lipinski definition) is 1. The fourth-order valence-corrected chi connectivity index (χ4v) is 2.34. The van der Waals surface area contributed by atoms with Gasteiger partial charge in [-0.3, -0.25) is 0 Å². The number of rotatable bonds is 3. The molecule has 2 fully saturated rings. The van der Waals surface area contributed by atoms with Gasteiger partial charge in [0.05, 0.1) is 0 Å². The van der Waals surface area contributed by atoms with Crippen LogP contribution in [0.2, 0.25) is 0 Å². The van der Waals surface area contributed by atoms with Crippen LogP contribution in [0, 0.1) is 11.8 Å². The van der Waals surface area contributed by atoms with Crippen LogP contribution in [0.1, 0.15) is 45.4 Å². The van der Waals surface area contributed by atoms with Crippen molar-refractivity contribution in [3.63, 3.8) is 0 Å². The molecule has 0 aromatic carbocycles. The average Bonchev–Trinajstić information content (AvgIpc) is 2.53. The molecule has 0 aliphatic heterocycles. The van der Waals surface area contributed by atoms with Crippen molar-refractivity contribution >= 4 is 5.71 Å². The number of hydrazone groups is 1. The van der Waals surface area contributed by atoms with Gasteiger partial charge in [0.2, 0.25) is 0 Å². The first-order chi connectivity index (χ1) is 6.34. The van der Waals surface area contributed by atoms with E-state index in [1.54, 1.807) is 0 Å². The van der Waals surface area contributed by atoms with Crippen LogP contribution in [0.4, 0.5) is 0 Å². The third-order valence-corrected chi connectivity index (χ3v) is 3.26. The van der Waals surface area contributed by atoms with Crippen molar-refractivity contribution in [1.82, 2.24) is 5.43 Å². The second kappa shape index (κ2) is 4.12. The minimum atomic E-state index is 0.882. The molecule has 2 rings (SSSR count). The van der Waals surface area contributed by atoms with E-state index in [4.69, 9.17) is 0 Å². The van der Waals surface area contributed by atoms with Crippen LogP contribution in [0.3, 0.4) is 0 Å². The Morgan fingerprint density at radius 2 is 2.00 bits per heavy atom. The molecule has 0 aromatic rings. The second-order valence-corrected chi connectivity index (χ2v) is 4.70. The third-order valence-electron chi connectivity index (χ3n) is 3.26. The summed E-state index contributed by atoms with van der Waals surface area (Å²) in [7, 11) is 0. The van der Waals surface area contributed by atoms with Crippen molar-refractivity contribution in [2.45, 2.75) is 45.4 Å². The highest BCUT2D eigenvalue weighted by molar-refractivity contribution is 5.89. The Labute approximate surface area is 80.8 Å². The molecule has 0 atom stereocenters. The van der Waals surface area contributed by atoms with Gasteiger partial charge in [0.1, 0.15) is 0 Å². The van der Waals surface area contributed by atoms with Gasteiger partial charge in [0.25, 0.3) is 0 Å². The zero-order valence-corrected chi connectivity index (χ0v) is 8.55. The maximum Gasteiger partial charge on any atom is 0.0383 e. The van der Waals surface area contributed by atoms with Crippen LogP contribution < -0.4 is 5.43 Å². The molecule has 0 amide bonds. The topological polar surface area (TPSA) is 24.4 Å². The van der Waals surface area contributed by atoms with Crippen LogP contribution in [-0.2, 0) is 0 Å². The zero-order chi connectivity index (χ0) is 9.10. The van der Waals surface area contributed by atoms with E-state index in [9.17, 15) is 0 Å². The summed E-state index contributed by atoms with van der Waals surface area (Å²) in [4.78, 5) is 0. The Kier molecular flexibility index (Phi) is 2.87. The van der Waals surface area contributed by atoms with E-state index in [-0.39, 0.29) is 0 Å². The monoisotopic (exact) mass is 180 g/mol. The third kappa shape index (κ3) is 2.45. The van der Waals surface area contributed by atoms with Crippen LogP contribution in [0.15, 0.2) is 5.10 Å². The first-order valence-corrected chi connectivity index (χ1v) is 5.63. The summed E-state index contributed by atoms with van der Waals surface area (Å²) in [5.41, 5.74) is 4.62. The van der Waals surface area contributed by atoms with Crippen molar-refractivity contribution in [2.75, 3.05) is 6.54 Å². The molecule has 2 aliphatic rings. The molecule has 13 heavy (non-hydrogen) atoms. The molecule has 0 radical (unpaired) electrons. The van der Waals surface area contributed by atoms with Gasteiger partial charge in [-0.15, -0.1) is 0 Å². The summed E-state index contributed by atoms with van der Waals surface area (Å²) >= 11 is 0. The Bertz CT molecular complexity index is 184. The van der Waals surface area contributed by atoms with Gasteiger partial charge in [-0.2, -0.15) is 5.10 Å². The van der Waals surface area contributed by atoms with E-state index in [1.807, 2.05) is 0 Å². The molecule has 2 aliphatic carbocycles. The summed E-state index contributed by atoms with van der Waals surface area (Å²) in [6.07, 6.45) is 8.12. The largest absolute Gasteiger partial charge is 0.310 e. The predicted octanol–water partition coefficient (Wildman–Crippen LogP) is 2.55. The fraction of sp³-hybridized carbons (Fsp3) is 0.909. The van der Waals surface area contributed by atoms with Crippen LogP contribution in [0.5, 0.6) is 0 Å². The molecule has 0 bridgehead atoms. The molecule has 2 nitrogen and oxygen atoms in total. The van der Waals surface area contributed by atoms with Gasteiger partial charge in [-0.1, -0.05) is 19.8 Å². The maximum absolute atomic E-state index is 4.41. The van der Waals surface area contributed by atoms with Crippen LogP contribution >= 0.6 is 0 Å². The molecule has 2 saturated carbocycles.